The van der Waals surface area contributed by atoms with Gasteiger partial charge in [-0.3, -0.25) is 4.79 Å². The number of nitrogens with one attached hydrogen (secondary N) is 1. The van der Waals surface area contributed by atoms with E-state index in [1.54, 1.807) is 13.2 Å². The van der Waals surface area contributed by atoms with Crippen LogP contribution in [0.5, 0.6) is 11.5 Å². The largest absolute Gasteiger partial charge is 0.497 e. The van der Waals surface area contributed by atoms with Gasteiger partial charge in [0.05, 0.1) is 12.7 Å². The van der Waals surface area contributed by atoms with Crippen molar-refractivity contribution in [2.75, 3.05) is 13.7 Å². The molecule has 0 spiro atoms. The molecule has 0 aliphatic heterocycles. The Morgan fingerprint density at radius 3 is 2.39 bits per heavy atom. The number of nitrogens with zero attached hydrogens (tertiary/aromatic N) is 2. The molecule has 0 bridgehead atoms. The normalized spacial score (nSPS) is 10.5. The zero-order chi connectivity index (χ0) is 21.5. The molecule has 0 aliphatic carbocycles. The molecule has 0 radical (unpaired) electrons. The molecule has 0 saturated carbocycles. The van der Waals surface area contributed by atoms with Crippen LogP contribution in [0.3, 0.4) is 0 Å². The maximum Gasteiger partial charge on any atom is 0.258 e. The summed E-state index contributed by atoms with van der Waals surface area (Å²) in [5, 5.41) is 11.1. The molecule has 4 rings (SSSR count). The van der Waals surface area contributed by atoms with E-state index >= 15 is 0 Å². The minimum atomic E-state index is -0.235. The highest BCUT2D eigenvalue weighted by molar-refractivity contribution is 5.78. The van der Waals surface area contributed by atoms with Gasteiger partial charge in [0.1, 0.15) is 11.5 Å². The average Bonchev–Trinajstić information content (AvgIpc) is 3.33. The Balaban J connectivity index is 1.38. The third kappa shape index (κ3) is 5.08. The first-order valence-corrected chi connectivity index (χ1v) is 9.73. The Morgan fingerprint density at radius 2 is 1.61 bits per heavy atom. The predicted octanol–water partition coefficient (Wildman–Crippen LogP) is 4.11. The van der Waals surface area contributed by atoms with Gasteiger partial charge < -0.3 is 19.2 Å². The first-order chi connectivity index (χ1) is 15.2. The predicted molar refractivity (Wildman–Crippen MR) is 116 cm³/mol. The number of methoxy groups -OCH3 is 1. The fourth-order valence-corrected chi connectivity index (χ4v) is 2.94. The number of ether oxygens (including phenoxy) is 2. The Kier molecular flexibility index (Phi) is 6.23. The van der Waals surface area contributed by atoms with E-state index in [1.165, 1.54) is 0 Å². The molecule has 1 aromatic heterocycles. The molecular formula is C24H21N3O4. The zero-order valence-electron chi connectivity index (χ0n) is 16.9. The third-order valence-electron chi connectivity index (χ3n) is 4.57. The summed E-state index contributed by atoms with van der Waals surface area (Å²) >= 11 is 0. The molecule has 4 aromatic rings. The minimum Gasteiger partial charge on any atom is -0.497 e. The topological polar surface area (TPSA) is 86.5 Å². The maximum absolute atomic E-state index is 12.2. The molecule has 3 aromatic carbocycles. The van der Waals surface area contributed by atoms with Gasteiger partial charge in [-0.05, 0) is 42.0 Å². The summed E-state index contributed by atoms with van der Waals surface area (Å²) in [6.07, 6.45) is 0. The summed E-state index contributed by atoms with van der Waals surface area (Å²) in [6.45, 7) is 0.269. The summed E-state index contributed by atoms with van der Waals surface area (Å²) in [4.78, 5) is 12.2. The van der Waals surface area contributed by atoms with Crippen molar-refractivity contribution < 1.29 is 18.7 Å². The minimum absolute atomic E-state index is 0.132. The van der Waals surface area contributed by atoms with Crippen molar-refractivity contribution in [1.29, 1.82) is 0 Å². The molecule has 0 saturated heterocycles. The second kappa shape index (κ2) is 9.58. The Morgan fingerprint density at radius 1 is 0.903 bits per heavy atom. The number of amides is 1. The number of aromatic nitrogens is 2. The molecule has 0 fully saturated rings. The molecule has 7 nitrogen and oxygen atoms in total. The van der Waals surface area contributed by atoms with Crippen molar-refractivity contribution in [3.05, 3.63) is 84.4 Å². The molecule has 0 unspecified atom stereocenters. The molecule has 156 valence electrons. The Labute approximate surface area is 179 Å². The van der Waals surface area contributed by atoms with E-state index in [0.29, 0.717) is 29.6 Å². The molecule has 31 heavy (non-hydrogen) atoms. The van der Waals surface area contributed by atoms with E-state index in [-0.39, 0.29) is 12.5 Å². The lowest BCUT2D eigenvalue weighted by molar-refractivity contribution is -0.123. The van der Waals surface area contributed by atoms with E-state index in [0.717, 1.165) is 16.9 Å². The average molecular weight is 415 g/mol. The van der Waals surface area contributed by atoms with Crippen LogP contribution in [-0.4, -0.2) is 29.8 Å². The number of benzene rings is 3. The second-order valence-electron chi connectivity index (χ2n) is 6.69. The standard InChI is InChI=1S/C24H21N3O4/c1-29-19-13-11-17(12-14-19)15-25-22(28)16-30-21-10-6-5-9-20(21)24-27-26-23(31-24)18-7-3-2-4-8-18/h2-14H,15-16H2,1H3,(H,25,28). The van der Waals surface area contributed by atoms with Gasteiger partial charge in [0.15, 0.2) is 6.61 Å². The highest BCUT2D eigenvalue weighted by Gasteiger charge is 2.15. The lowest BCUT2D eigenvalue weighted by Gasteiger charge is -2.10. The molecule has 0 aliphatic rings. The van der Waals surface area contributed by atoms with Crippen LogP contribution >= 0.6 is 0 Å². The summed E-state index contributed by atoms with van der Waals surface area (Å²) < 4.78 is 16.7. The quantitative estimate of drug-likeness (QED) is 0.466. The van der Waals surface area contributed by atoms with E-state index in [4.69, 9.17) is 13.9 Å². The number of hydrogen-bond donors (Lipinski definition) is 1. The first kappa shape index (κ1) is 20.2. The van der Waals surface area contributed by atoms with Gasteiger partial charge in [-0.15, -0.1) is 10.2 Å². The van der Waals surface area contributed by atoms with Gasteiger partial charge in [-0.1, -0.05) is 42.5 Å². The molecule has 1 heterocycles. The van der Waals surface area contributed by atoms with E-state index in [2.05, 4.69) is 15.5 Å². The van der Waals surface area contributed by atoms with Crippen molar-refractivity contribution in [2.24, 2.45) is 0 Å². The molecule has 0 atom stereocenters. The molecule has 7 heteroatoms. The van der Waals surface area contributed by atoms with Gasteiger partial charge >= 0.3 is 0 Å². The van der Waals surface area contributed by atoms with Crippen LogP contribution in [0, 0.1) is 0 Å². The van der Waals surface area contributed by atoms with Crippen LogP contribution in [0.1, 0.15) is 5.56 Å². The van der Waals surface area contributed by atoms with Crippen molar-refractivity contribution in [3.8, 4) is 34.4 Å². The summed E-state index contributed by atoms with van der Waals surface area (Å²) in [5.41, 5.74) is 2.42. The lowest BCUT2D eigenvalue weighted by Crippen LogP contribution is -2.28. The number of hydrogen-bond acceptors (Lipinski definition) is 6. The van der Waals surface area contributed by atoms with Gasteiger partial charge in [0.25, 0.3) is 11.8 Å². The molecular weight excluding hydrogens is 394 g/mol. The van der Waals surface area contributed by atoms with Crippen LogP contribution in [0.4, 0.5) is 0 Å². The summed E-state index contributed by atoms with van der Waals surface area (Å²) in [6, 6.07) is 24.3. The zero-order valence-corrected chi connectivity index (χ0v) is 16.9. The van der Waals surface area contributed by atoms with E-state index in [1.807, 2.05) is 72.8 Å². The van der Waals surface area contributed by atoms with Gasteiger partial charge in [-0.2, -0.15) is 0 Å². The summed E-state index contributed by atoms with van der Waals surface area (Å²) in [5.74, 6) is 1.77. The third-order valence-corrected chi connectivity index (χ3v) is 4.57. The van der Waals surface area contributed by atoms with Crippen molar-refractivity contribution >= 4 is 5.91 Å². The smallest absolute Gasteiger partial charge is 0.258 e. The van der Waals surface area contributed by atoms with Crippen LogP contribution < -0.4 is 14.8 Å². The first-order valence-electron chi connectivity index (χ1n) is 9.73. The molecule has 1 amide bonds. The van der Waals surface area contributed by atoms with E-state index in [9.17, 15) is 4.79 Å². The second-order valence-corrected chi connectivity index (χ2v) is 6.69. The number of rotatable bonds is 8. The van der Waals surface area contributed by atoms with Crippen LogP contribution in [0.25, 0.3) is 22.9 Å². The van der Waals surface area contributed by atoms with Crippen molar-refractivity contribution in [1.82, 2.24) is 15.5 Å². The summed E-state index contributed by atoms with van der Waals surface area (Å²) in [7, 11) is 1.61. The Bertz CT molecular complexity index is 1140. The number of para-hydroxylation sites is 1. The van der Waals surface area contributed by atoms with Crippen molar-refractivity contribution in [2.45, 2.75) is 6.54 Å². The molecule has 1 N–H and O–H groups in total. The highest BCUT2D eigenvalue weighted by Crippen LogP contribution is 2.30. The van der Waals surface area contributed by atoms with Crippen molar-refractivity contribution in [3.63, 3.8) is 0 Å². The fourth-order valence-electron chi connectivity index (χ4n) is 2.94. The van der Waals surface area contributed by atoms with Crippen LogP contribution in [0.2, 0.25) is 0 Å². The number of carbonyl (C=O) groups is 1. The lowest BCUT2D eigenvalue weighted by atomic mass is 10.2. The maximum atomic E-state index is 12.2. The van der Waals surface area contributed by atoms with Gasteiger partial charge in [-0.25, -0.2) is 0 Å². The Hall–Kier alpha value is -4.13. The van der Waals surface area contributed by atoms with Crippen LogP contribution in [0.15, 0.2) is 83.3 Å². The fraction of sp³-hybridized carbons (Fsp3) is 0.125. The van der Waals surface area contributed by atoms with Gasteiger partial charge in [0.2, 0.25) is 5.89 Å². The van der Waals surface area contributed by atoms with Gasteiger partial charge in [0, 0.05) is 12.1 Å². The SMILES string of the molecule is COc1ccc(CNC(=O)COc2ccccc2-c2nnc(-c3ccccc3)o2)cc1. The monoisotopic (exact) mass is 415 g/mol. The highest BCUT2D eigenvalue weighted by atomic mass is 16.5. The van der Waals surface area contributed by atoms with Crippen LogP contribution in [-0.2, 0) is 11.3 Å². The number of carbonyl (C=O) groups excluding carboxylic acids is 1. The van der Waals surface area contributed by atoms with E-state index < -0.39 is 0 Å².